The van der Waals surface area contributed by atoms with Crippen LogP contribution in [0.1, 0.15) is 24.1 Å². The lowest BCUT2D eigenvalue weighted by atomic mass is 10.2. The number of carbonyl (C=O) groups excluding carboxylic acids is 1. The first-order chi connectivity index (χ1) is 13.9. The Morgan fingerprint density at radius 1 is 1.40 bits per heavy atom. The third-order valence-electron chi connectivity index (χ3n) is 4.56. The highest BCUT2D eigenvalue weighted by molar-refractivity contribution is 7.90. The van der Waals surface area contributed by atoms with Gasteiger partial charge in [-0.05, 0) is 31.9 Å². The quantitative estimate of drug-likeness (QED) is 0.697. The van der Waals surface area contributed by atoms with Crippen LogP contribution in [-0.2, 0) is 16.0 Å². The van der Waals surface area contributed by atoms with E-state index in [0.717, 1.165) is 12.1 Å². The Morgan fingerprint density at radius 2 is 2.10 bits per heavy atom. The van der Waals surface area contributed by atoms with Crippen molar-refractivity contribution in [3.8, 4) is 11.0 Å². The standard InChI is InChI=1S/C18H17F3N4O3S2/c1-11-10-29(16(23-11)24-17(26)25-7-3-4-12(25)9-22)13-5-6-15(30(2,27)28)14(8-13)18(19,20)21/h5-6,8,10,12H,3-4,7H2,1-2H3/p+1. The Morgan fingerprint density at radius 3 is 2.70 bits per heavy atom. The number of anilines is 1. The van der Waals surface area contributed by atoms with Gasteiger partial charge >= 0.3 is 17.3 Å². The van der Waals surface area contributed by atoms with Gasteiger partial charge in [-0.25, -0.2) is 18.5 Å². The van der Waals surface area contributed by atoms with E-state index in [0.29, 0.717) is 31.3 Å². The van der Waals surface area contributed by atoms with Gasteiger partial charge in [-0.1, -0.05) is 0 Å². The number of alkyl halides is 3. The molecule has 1 saturated heterocycles. The summed E-state index contributed by atoms with van der Waals surface area (Å²) in [5.74, 6) is 0. The van der Waals surface area contributed by atoms with E-state index < -0.39 is 49.0 Å². The Bertz CT molecular complexity index is 1140. The van der Waals surface area contributed by atoms with Crippen molar-refractivity contribution in [2.24, 2.45) is 0 Å². The summed E-state index contributed by atoms with van der Waals surface area (Å²) in [4.78, 5) is 17.5. The van der Waals surface area contributed by atoms with Crippen LogP contribution in [0.4, 0.5) is 23.1 Å². The molecule has 1 fully saturated rings. The summed E-state index contributed by atoms with van der Waals surface area (Å²) in [7, 11) is -5.21. The first-order valence-electron chi connectivity index (χ1n) is 8.80. The fourth-order valence-electron chi connectivity index (χ4n) is 3.22. The van der Waals surface area contributed by atoms with Crippen molar-refractivity contribution in [3.63, 3.8) is 0 Å². The average molecular weight is 459 g/mol. The third-order valence-corrected chi connectivity index (χ3v) is 7.66. The number of nitriles is 1. The first-order valence-corrected chi connectivity index (χ1v) is 12.0. The van der Waals surface area contributed by atoms with Crippen LogP contribution in [0.15, 0.2) is 28.5 Å². The predicted octanol–water partition coefficient (Wildman–Crippen LogP) is 4.07. The van der Waals surface area contributed by atoms with E-state index in [-0.39, 0.29) is 10.0 Å². The molecule has 30 heavy (non-hydrogen) atoms. The Balaban J connectivity index is 2.02. The van der Waals surface area contributed by atoms with Crippen LogP contribution in [0.25, 0.3) is 4.90 Å². The number of halogens is 3. The molecule has 2 unspecified atom stereocenters. The summed E-state index contributed by atoms with van der Waals surface area (Å²) in [5, 5.41) is 13.5. The van der Waals surface area contributed by atoms with E-state index in [1.807, 2.05) is 6.07 Å². The fourth-order valence-corrected chi connectivity index (χ4v) is 5.88. The number of urea groups is 1. The normalized spacial score (nSPS) is 17.7. The van der Waals surface area contributed by atoms with Crippen molar-refractivity contribution in [1.29, 1.82) is 5.26 Å². The van der Waals surface area contributed by atoms with Crippen LogP contribution >= 0.6 is 10.5 Å². The summed E-state index contributed by atoms with van der Waals surface area (Å²) in [6.45, 7) is 2.04. The van der Waals surface area contributed by atoms with Gasteiger partial charge < -0.3 is 4.90 Å². The number of amides is 2. The second kappa shape index (κ2) is 7.88. The van der Waals surface area contributed by atoms with Crippen molar-refractivity contribution in [1.82, 2.24) is 9.88 Å². The van der Waals surface area contributed by atoms with Crippen LogP contribution in [0.2, 0.25) is 0 Å². The molecule has 160 valence electrons. The zero-order valence-corrected chi connectivity index (χ0v) is 17.7. The lowest BCUT2D eigenvalue weighted by molar-refractivity contribution is -0.139. The molecule has 2 heterocycles. The Hall–Kier alpha value is -2.65. The zero-order valence-electron chi connectivity index (χ0n) is 16.0. The summed E-state index contributed by atoms with van der Waals surface area (Å²) < 4.78 is 64.1. The van der Waals surface area contributed by atoms with Gasteiger partial charge in [0.1, 0.15) is 6.04 Å². The number of thiazole rings is 1. The maximum absolute atomic E-state index is 13.5. The van der Waals surface area contributed by atoms with Gasteiger partial charge in [-0.15, -0.1) is 0 Å². The van der Waals surface area contributed by atoms with Crippen LogP contribution < -0.4 is 5.32 Å². The lowest BCUT2D eigenvalue weighted by Crippen LogP contribution is -2.38. The number of likely N-dealkylation sites (tertiary alicyclic amines) is 1. The second-order valence-electron chi connectivity index (χ2n) is 6.85. The molecule has 1 aromatic heterocycles. The molecule has 1 N–H and O–H groups in total. The zero-order chi connectivity index (χ0) is 22.3. The maximum Gasteiger partial charge on any atom is 0.417 e. The van der Waals surface area contributed by atoms with Crippen LogP contribution in [0.5, 0.6) is 0 Å². The Kier molecular flexibility index (Phi) is 5.79. The molecule has 7 nitrogen and oxygen atoms in total. The molecule has 12 heteroatoms. The van der Waals surface area contributed by atoms with Gasteiger partial charge in [0.05, 0.1) is 32.7 Å². The lowest BCUT2D eigenvalue weighted by Gasteiger charge is -2.18. The minimum Gasteiger partial charge on any atom is -0.308 e. The molecule has 1 aliphatic rings. The number of aromatic nitrogens is 1. The number of nitrogens with one attached hydrogen (secondary N) is 1. The number of hydrogen-bond donors (Lipinski definition) is 1. The number of carbonyl (C=O) groups is 1. The van der Waals surface area contributed by atoms with Crippen molar-refractivity contribution in [2.45, 2.75) is 36.9 Å². The molecular weight excluding hydrogens is 441 g/mol. The van der Waals surface area contributed by atoms with Crippen molar-refractivity contribution >= 4 is 31.5 Å². The number of aryl methyl sites for hydroxylation is 1. The van der Waals surface area contributed by atoms with Gasteiger partial charge in [0, 0.05) is 18.9 Å². The molecule has 3 rings (SSSR count). The van der Waals surface area contributed by atoms with Gasteiger partial charge in [-0.2, -0.15) is 23.4 Å². The molecule has 1 aromatic carbocycles. The molecule has 2 atom stereocenters. The minimum atomic E-state index is -4.87. The molecule has 0 radical (unpaired) electrons. The second-order valence-corrected chi connectivity index (χ2v) is 10.6. The van der Waals surface area contributed by atoms with Crippen molar-refractivity contribution < 1.29 is 26.4 Å². The van der Waals surface area contributed by atoms with Gasteiger partial charge in [0.15, 0.2) is 20.1 Å². The smallest absolute Gasteiger partial charge is 0.308 e. The van der Waals surface area contributed by atoms with Crippen LogP contribution in [-0.4, -0.2) is 43.2 Å². The molecular formula is C18H18F3N4O3S2+. The van der Waals surface area contributed by atoms with Gasteiger partial charge in [0.25, 0.3) is 0 Å². The van der Waals surface area contributed by atoms with E-state index >= 15 is 0 Å². The molecule has 0 aliphatic carbocycles. The van der Waals surface area contributed by atoms with E-state index in [4.69, 9.17) is 5.26 Å². The van der Waals surface area contributed by atoms with Gasteiger partial charge in [-0.3, -0.25) is 0 Å². The molecule has 0 bridgehead atoms. The highest BCUT2D eigenvalue weighted by atomic mass is 32.2. The predicted molar refractivity (Wildman–Crippen MR) is 105 cm³/mol. The number of nitrogens with zero attached hydrogens (tertiary/aromatic N) is 3. The van der Waals surface area contributed by atoms with E-state index in [2.05, 4.69) is 10.3 Å². The average Bonchev–Trinajstić information content (AvgIpc) is 3.26. The monoisotopic (exact) mass is 459 g/mol. The highest BCUT2D eigenvalue weighted by Gasteiger charge is 2.38. The van der Waals surface area contributed by atoms with Crippen LogP contribution in [0, 0.1) is 18.3 Å². The fraction of sp³-hybridized carbons (Fsp3) is 0.389. The third kappa shape index (κ3) is 4.41. The van der Waals surface area contributed by atoms with Gasteiger partial charge in [0.2, 0.25) is 0 Å². The minimum absolute atomic E-state index is 0.154. The summed E-state index contributed by atoms with van der Waals surface area (Å²) in [5.41, 5.74) is -0.754. The summed E-state index contributed by atoms with van der Waals surface area (Å²) in [6, 6.07) is 3.94. The van der Waals surface area contributed by atoms with Crippen molar-refractivity contribution in [2.75, 3.05) is 18.1 Å². The number of benzene rings is 1. The Labute approximate surface area is 174 Å². The maximum atomic E-state index is 13.5. The van der Waals surface area contributed by atoms with E-state index in [1.165, 1.54) is 11.0 Å². The van der Waals surface area contributed by atoms with E-state index in [1.54, 1.807) is 12.3 Å². The largest absolute Gasteiger partial charge is 0.417 e. The summed E-state index contributed by atoms with van der Waals surface area (Å²) in [6.07, 6.45) is -2.91. The number of rotatable bonds is 3. The van der Waals surface area contributed by atoms with Crippen molar-refractivity contribution in [3.05, 3.63) is 34.8 Å². The topological polar surface area (TPSA) is 103 Å². The molecule has 2 aromatic rings. The molecule has 1 aliphatic heterocycles. The highest BCUT2D eigenvalue weighted by Crippen LogP contribution is 2.43. The molecule has 0 spiro atoms. The SMILES string of the molecule is Cc1c[s+](-c2ccc(S(C)(=O)=O)c(C(F)(F)F)c2)c(NC(=O)N2CCCC2C#N)n1. The number of hydrogen-bond acceptors (Lipinski definition) is 5. The summed E-state index contributed by atoms with van der Waals surface area (Å²) >= 11 is 0. The first kappa shape index (κ1) is 22.0. The van der Waals surface area contributed by atoms with E-state index in [9.17, 15) is 26.4 Å². The molecule has 2 amide bonds. The van der Waals surface area contributed by atoms with Crippen LogP contribution in [0.3, 0.4) is 0 Å². The molecule has 0 saturated carbocycles. The number of sulfone groups is 1.